The van der Waals surface area contributed by atoms with Crippen molar-refractivity contribution in [3.05, 3.63) is 70.8 Å². The van der Waals surface area contributed by atoms with Crippen LogP contribution in [-0.2, 0) is 6.42 Å². The van der Waals surface area contributed by atoms with Crippen molar-refractivity contribution in [2.45, 2.75) is 105 Å². The van der Waals surface area contributed by atoms with Crippen LogP contribution in [0.25, 0.3) is 0 Å². The minimum absolute atomic E-state index is 1.07. The van der Waals surface area contributed by atoms with E-state index in [1.807, 2.05) is 6.26 Å². The van der Waals surface area contributed by atoms with E-state index < -0.39 is 0 Å². The summed E-state index contributed by atoms with van der Waals surface area (Å²) in [4.78, 5) is 0. The molecule has 162 valence electrons. The lowest BCUT2D eigenvalue weighted by atomic mass is 10.0. The predicted octanol–water partition coefficient (Wildman–Crippen LogP) is 9.53. The number of aryl methyl sites for hydroxylation is 1. The molecule has 0 N–H and O–H groups in total. The zero-order valence-electron chi connectivity index (χ0n) is 19.7. The van der Waals surface area contributed by atoms with Gasteiger partial charge in [0.1, 0.15) is 0 Å². The topological polar surface area (TPSA) is 13.1 Å². The second kappa shape index (κ2) is 16.1. The van der Waals surface area contributed by atoms with E-state index in [1.165, 1.54) is 73.6 Å². The van der Waals surface area contributed by atoms with Crippen molar-refractivity contribution in [1.29, 1.82) is 0 Å². The number of hydrogen-bond donors (Lipinski definition) is 0. The largest absolute Gasteiger partial charge is 0.472 e. The molecule has 0 aliphatic rings. The molecular formula is C28H44O. The highest BCUT2D eigenvalue weighted by molar-refractivity contribution is 5.09. The Hall–Kier alpha value is -1.76. The summed E-state index contributed by atoms with van der Waals surface area (Å²) in [7, 11) is 0. The van der Waals surface area contributed by atoms with Crippen LogP contribution in [0.3, 0.4) is 0 Å². The van der Waals surface area contributed by atoms with Crippen molar-refractivity contribution in [2.24, 2.45) is 0 Å². The Bertz CT molecular complexity index is 652. The Kier molecular flexibility index (Phi) is 14.0. The fourth-order valence-electron chi connectivity index (χ4n) is 3.42. The fourth-order valence-corrected chi connectivity index (χ4v) is 3.42. The highest BCUT2D eigenvalue weighted by Gasteiger charge is 1.96. The summed E-state index contributed by atoms with van der Waals surface area (Å²) in [6.45, 7) is 11.4. The molecule has 0 saturated heterocycles. The van der Waals surface area contributed by atoms with Crippen molar-refractivity contribution < 1.29 is 4.42 Å². The summed E-state index contributed by atoms with van der Waals surface area (Å²) in [5.74, 6) is 0. The summed E-state index contributed by atoms with van der Waals surface area (Å²) in [6.07, 6.45) is 26.4. The van der Waals surface area contributed by atoms with E-state index in [2.05, 4.69) is 65.0 Å². The van der Waals surface area contributed by atoms with Gasteiger partial charge in [0, 0.05) is 0 Å². The van der Waals surface area contributed by atoms with Crippen molar-refractivity contribution in [3.63, 3.8) is 0 Å². The third-order valence-corrected chi connectivity index (χ3v) is 5.53. The van der Waals surface area contributed by atoms with Gasteiger partial charge in [0.25, 0.3) is 0 Å². The molecule has 29 heavy (non-hydrogen) atoms. The molecular weight excluding hydrogens is 352 g/mol. The Morgan fingerprint density at radius 3 is 1.66 bits per heavy atom. The Labute approximate surface area is 180 Å². The molecule has 0 radical (unpaired) electrons. The van der Waals surface area contributed by atoms with Crippen LogP contribution >= 0.6 is 0 Å². The summed E-state index contributed by atoms with van der Waals surface area (Å²) in [5, 5.41) is 0. The van der Waals surface area contributed by atoms with E-state index in [1.54, 1.807) is 11.8 Å². The molecule has 0 aromatic carbocycles. The summed E-state index contributed by atoms with van der Waals surface area (Å²) >= 11 is 0. The van der Waals surface area contributed by atoms with Gasteiger partial charge in [-0.25, -0.2) is 0 Å². The number of furan rings is 1. The first-order chi connectivity index (χ1) is 14.0. The molecule has 0 aliphatic heterocycles. The molecule has 0 atom stereocenters. The first-order valence-corrected chi connectivity index (χ1v) is 11.6. The van der Waals surface area contributed by atoms with Gasteiger partial charge in [-0.15, -0.1) is 0 Å². The SMILES string of the molecule is CCCC/C(C)=C/CC/C(C)=C/CC/C(C)=C/CC/C(C)=C/CCc1ccoc1. The number of rotatable bonds is 15. The van der Waals surface area contributed by atoms with Crippen LogP contribution in [0.4, 0.5) is 0 Å². The quantitative estimate of drug-likeness (QED) is 0.269. The van der Waals surface area contributed by atoms with Gasteiger partial charge >= 0.3 is 0 Å². The van der Waals surface area contributed by atoms with Crippen LogP contribution in [0.1, 0.15) is 104 Å². The normalized spacial score (nSPS) is 14.0. The average molecular weight is 397 g/mol. The maximum atomic E-state index is 5.12. The fraction of sp³-hybridized carbons (Fsp3) is 0.571. The molecule has 0 aliphatic carbocycles. The lowest BCUT2D eigenvalue weighted by molar-refractivity contribution is 0.564. The van der Waals surface area contributed by atoms with Gasteiger partial charge in [-0.05, 0) is 104 Å². The van der Waals surface area contributed by atoms with Gasteiger partial charge in [0.05, 0.1) is 12.5 Å². The third-order valence-electron chi connectivity index (χ3n) is 5.53. The Morgan fingerprint density at radius 1 is 0.724 bits per heavy atom. The molecule has 1 aromatic heterocycles. The molecule has 1 heterocycles. The van der Waals surface area contributed by atoms with Crippen molar-refractivity contribution in [3.8, 4) is 0 Å². The van der Waals surface area contributed by atoms with Crippen LogP contribution in [0.5, 0.6) is 0 Å². The van der Waals surface area contributed by atoms with Crippen LogP contribution in [0.15, 0.2) is 69.6 Å². The van der Waals surface area contributed by atoms with Crippen molar-refractivity contribution >= 4 is 0 Å². The monoisotopic (exact) mass is 396 g/mol. The standard InChI is InChI=1S/C28H44O/c1-6-7-12-24(2)13-8-14-25(3)15-9-16-26(4)17-10-18-27(5)19-11-20-28-21-22-29-23-28/h13,15,17,19,21-23H,6-12,14,16,18,20H2,1-5H3/b24-13+,25-15+,26-17+,27-19+. The average Bonchev–Trinajstić information content (AvgIpc) is 3.20. The third kappa shape index (κ3) is 14.0. The molecule has 0 unspecified atom stereocenters. The highest BCUT2D eigenvalue weighted by atomic mass is 16.3. The van der Waals surface area contributed by atoms with Gasteiger partial charge in [0.2, 0.25) is 0 Å². The van der Waals surface area contributed by atoms with Crippen LogP contribution < -0.4 is 0 Å². The summed E-state index contributed by atoms with van der Waals surface area (Å²) in [5.41, 5.74) is 7.40. The van der Waals surface area contributed by atoms with Crippen LogP contribution in [0, 0.1) is 0 Å². The first-order valence-electron chi connectivity index (χ1n) is 11.6. The van der Waals surface area contributed by atoms with Gasteiger partial charge < -0.3 is 4.42 Å². The first kappa shape index (κ1) is 25.3. The van der Waals surface area contributed by atoms with Crippen LogP contribution in [0.2, 0.25) is 0 Å². The Balaban J connectivity index is 2.18. The minimum Gasteiger partial charge on any atom is -0.472 e. The lowest BCUT2D eigenvalue weighted by Gasteiger charge is -2.03. The van der Waals surface area contributed by atoms with E-state index >= 15 is 0 Å². The van der Waals surface area contributed by atoms with Crippen molar-refractivity contribution in [1.82, 2.24) is 0 Å². The van der Waals surface area contributed by atoms with Gasteiger partial charge in [-0.2, -0.15) is 0 Å². The number of hydrogen-bond acceptors (Lipinski definition) is 1. The second-order valence-electron chi connectivity index (χ2n) is 8.59. The molecule has 1 aromatic rings. The van der Waals surface area contributed by atoms with Crippen molar-refractivity contribution in [2.75, 3.05) is 0 Å². The van der Waals surface area contributed by atoms with Gasteiger partial charge in [0.15, 0.2) is 0 Å². The lowest BCUT2D eigenvalue weighted by Crippen LogP contribution is -1.84. The van der Waals surface area contributed by atoms with Gasteiger partial charge in [-0.3, -0.25) is 0 Å². The number of allylic oxidation sites excluding steroid dienone is 8. The zero-order valence-corrected chi connectivity index (χ0v) is 19.7. The molecule has 1 nitrogen and oxygen atoms in total. The van der Waals surface area contributed by atoms with E-state index in [9.17, 15) is 0 Å². The predicted molar refractivity (Wildman–Crippen MR) is 129 cm³/mol. The maximum Gasteiger partial charge on any atom is 0.0934 e. The van der Waals surface area contributed by atoms with E-state index in [0.717, 1.165) is 19.3 Å². The van der Waals surface area contributed by atoms with E-state index in [-0.39, 0.29) is 0 Å². The van der Waals surface area contributed by atoms with E-state index in [4.69, 9.17) is 4.42 Å². The Morgan fingerprint density at radius 2 is 1.21 bits per heavy atom. The number of unbranched alkanes of at least 4 members (excludes halogenated alkanes) is 1. The van der Waals surface area contributed by atoms with E-state index in [0.29, 0.717) is 0 Å². The molecule has 0 spiro atoms. The summed E-state index contributed by atoms with van der Waals surface area (Å²) < 4.78 is 5.12. The molecule has 0 fully saturated rings. The maximum absolute atomic E-state index is 5.12. The summed E-state index contributed by atoms with van der Waals surface area (Å²) in [6, 6.07) is 2.05. The second-order valence-corrected chi connectivity index (χ2v) is 8.59. The smallest absolute Gasteiger partial charge is 0.0934 e. The highest BCUT2D eigenvalue weighted by Crippen LogP contribution is 2.15. The minimum atomic E-state index is 1.07. The molecule has 1 heteroatoms. The molecule has 0 saturated carbocycles. The molecule has 0 amide bonds. The molecule has 1 rings (SSSR count). The zero-order chi connectivity index (χ0) is 21.3. The van der Waals surface area contributed by atoms with Crippen LogP contribution in [-0.4, -0.2) is 0 Å². The molecule has 0 bridgehead atoms. The van der Waals surface area contributed by atoms with Gasteiger partial charge in [-0.1, -0.05) is 59.9 Å².